The highest BCUT2D eigenvalue weighted by atomic mass is 127. The van der Waals surface area contributed by atoms with Crippen molar-refractivity contribution in [2.24, 2.45) is 22.4 Å². The topological polar surface area (TPSA) is 96.7 Å². The van der Waals surface area contributed by atoms with Crippen LogP contribution in [0, 0.1) is 5.92 Å². The van der Waals surface area contributed by atoms with Gasteiger partial charge in [-0.2, -0.15) is 0 Å². The Labute approximate surface area is 151 Å². The number of hydrogen-bond acceptors (Lipinski definition) is 3. The van der Waals surface area contributed by atoms with Crippen LogP contribution in [0.3, 0.4) is 0 Å². The van der Waals surface area contributed by atoms with E-state index in [2.05, 4.69) is 22.1 Å². The van der Waals surface area contributed by atoms with Crippen molar-refractivity contribution < 1.29 is 4.79 Å². The molecule has 0 bridgehead atoms. The van der Waals surface area contributed by atoms with Crippen molar-refractivity contribution in [2.75, 3.05) is 32.7 Å². The van der Waals surface area contributed by atoms with Gasteiger partial charge >= 0.3 is 0 Å². The Morgan fingerprint density at radius 1 is 1.23 bits per heavy atom. The van der Waals surface area contributed by atoms with Crippen molar-refractivity contribution >= 4 is 35.8 Å². The largest absolute Gasteiger partial charge is 0.370 e. The summed E-state index contributed by atoms with van der Waals surface area (Å²) in [4.78, 5) is 17.8. The number of primary amides is 1. The fraction of sp³-hybridized carbons (Fsp3) is 0.867. The van der Waals surface area contributed by atoms with Crippen LogP contribution >= 0.6 is 24.0 Å². The van der Waals surface area contributed by atoms with E-state index < -0.39 is 0 Å². The highest BCUT2D eigenvalue weighted by Gasteiger charge is 2.22. The number of guanidine groups is 1. The molecule has 7 heteroatoms. The fourth-order valence-corrected chi connectivity index (χ4v) is 2.54. The van der Waals surface area contributed by atoms with E-state index >= 15 is 0 Å². The maximum absolute atomic E-state index is 11.1. The first kappa shape index (κ1) is 21.4. The maximum Gasteiger partial charge on any atom is 0.220 e. The molecule has 1 aliphatic rings. The Hall–Kier alpha value is -0.570. The van der Waals surface area contributed by atoms with Gasteiger partial charge < -0.3 is 21.7 Å². The smallest absolute Gasteiger partial charge is 0.220 e. The van der Waals surface area contributed by atoms with Crippen LogP contribution in [0.1, 0.15) is 45.4 Å². The molecule has 0 saturated carbocycles. The minimum Gasteiger partial charge on any atom is -0.370 e. The molecular weight excluding hydrogens is 393 g/mol. The van der Waals surface area contributed by atoms with Gasteiger partial charge in [0.25, 0.3) is 0 Å². The summed E-state index contributed by atoms with van der Waals surface area (Å²) < 4.78 is 0. The summed E-state index contributed by atoms with van der Waals surface area (Å²) in [5.41, 5.74) is 11.1. The number of unbranched alkanes of at least 4 members (excludes halogenated alkanes) is 2. The highest BCUT2D eigenvalue weighted by Crippen LogP contribution is 2.16. The van der Waals surface area contributed by atoms with E-state index in [1.165, 1.54) is 0 Å². The van der Waals surface area contributed by atoms with Gasteiger partial charge in [-0.1, -0.05) is 13.3 Å². The van der Waals surface area contributed by atoms with E-state index in [9.17, 15) is 4.79 Å². The van der Waals surface area contributed by atoms with Crippen LogP contribution in [0.15, 0.2) is 4.99 Å². The molecule has 0 aromatic carbocycles. The number of carbonyl (C=O) groups excluding carboxylic acids is 1. The van der Waals surface area contributed by atoms with Gasteiger partial charge in [0.05, 0.1) is 0 Å². The zero-order chi connectivity index (χ0) is 15.5. The van der Waals surface area contributed by atoms with E-state index in [-0.39, 0.29) is 35.8 Å². The van der Waals surface area contributed by atoms with Gasteiger partial charge in [-0.25, -0.2) is 0 Å². The lowest BCUT2D eigenvalue weighted by Gasteiger charge is -2.30. The van der Waals surface area contributed by atoms with Crippen molar-refractivity contribution in [3.8, 4) is 0 Å². The number of nitrogens with zero attached hydrogens (tertiary/aromatic N) is 2. The van der Waals surface area contributed by atoms with Gasteiger partial charge in [0.15, 0.2) is 5.96 Å². The lowest BCUT2D eigenvalue weighted by Crippen LogP contribution is -2.38. The first-order valence-electron chi connectivity index (χ1n) is 8.19. The molecule has 0 spiro atoms. The van der Waals surface area contributed by atoms with Crippen LogP contribution in [-0.2, 0) is 4.79 Å². The van der Waals surface area contributed by atoms with Crippen LogP contribution in [0.25, 0.3) is 0 Å². The molecule has 1 heterocycles. The van der Waals surface area contributed by atoms with E-state index in [0.29, 0.717) is 5.96 Å². The molecule has 22 heavy (non-hydrogen) atoms. The van der Waals surface area contributed by atoms with Crippen LogP contribution in [0.2, 0.25) is 0 Å². The highest BCUT2D eigenvalue weighted by molar-refractivity contribution is 14.0. The molecule has 130 valence electrons. The van der Waals surface area contributed by atoms with Gasteiger partial charge in [0.1, 0.15) is 0 Å². The summed E-state index contributed by atoms with van der Waals surface area (Å²) in [6.45, 7) is 6.88. The number of piperidine rings is 1. The lowest BCUT2D eigenvalue weighted by molar-refractivity contribution is -0.123. The molecule has 6 nitrogen and oxygen atoms in total. The summed E-state index contributed by atoms with van der Waals surface area (Å²) in [5.74, 6) is 0.501. The molecule has 0 aromatic rings. The van der Waals surface area contributed by atoms with Crippen molar-refractivity contribution in [2.45, 2.75) is 45.4 Å². The van der Waals surface area contributed by atoms with Crippen LogP contribution in [0.5, 0.6) is 0 Å². The molecule has 0 atom stereocenters. The van der Waals surface area contributed by atoms with Gasteiger partial charge in [0, 0.05) is 19.0 Å². The minimum atomic E-state index is -0.143. The second-order valence-corrected chi connectivity index (χ2v) is 5.77. The van der Waals surface area contributed by atoms with E-state index in [1.54, 1.807) is 0 Å². The Balaban J connectivity index is 0.00000441. The van der Waals surface area contributed by atoms with Crippen molar-refractivity contribution in [1.82, 2.24) is 10.2 Å². The van der Waals surface area contributed by atoms with Gasteiger partial charge in [-0.15, -0.1) is 24.0 Å². The molecule has 0 unspecified atom stereocenters. The third kappa shape index (κ3) is 9.45. The summed E-state index contributed by atoms with van der Waals surface area (Å²) in [7, 11) is 0. The van der Waals surface area contributed by atoms with Gasteiger partial charge in [-0.3, -0.25) is 9.79 Å². The van der Waals surface area contributed by atoms with Crippen LogP contribution in [0.4, 0.5) is 0 Å². The van der Waals surface area contributed by atoms with Gasteiger partial charge in [-0.05, 0) is 51.7 Å². The molecule has 1 saturated heterocycles. The minimum absolute atomic E-state index is 0. The first-order valence-corrected chi connectivity index (χ1v) is 8.19. The average Bonchev–Trinajstić information content (AvgIpc) is 2.47. The van der Waals surface area contributed by atoms with E-state index in [4.69, 9.17) is 11.5 Å². The molecule has 0 aliphatic carbocycles. The molecule has 0 aromatic heterocycles. The molecule has 0 radical (unpaired) electrons. The second-order valence-electron chi connectivity index (χ2n) is 5.77. The number of aliphatic imine (C=N–C) groups is 1. The van der Waals surface area contributed by atoms with Crippen molar-refractivity contribution in [1.29, 1.82) is 0 Å². The number of hydrogen-bond donors (Lipinski definition) is 3. The summed E-state index contributed by atoms with van der Waals surface area (Å²) in [6.07, 6.45) is 6.26. The molecule has 1 fully saturated rings. The number of likely N-dealkylation sites (tertiary alicyclic amines) is 1. The summed E-state index contributed by atoms with van der Waals surface area (Å²) in [6, 6.07) is 0. The van der Waals surface area contributed by atoms with E-state index in [1.807, 2.05) is 0 Å². The van der Waals surface area contributed by atoms with Gasteiger partial charge in [0.2, 0.25) is 5.91 Å². The fourth-order valence-electron chi connectivity index (χ4n) is 2.54. The third-order valence-electron chi connectivity index (χ3n) is 3.99. The lowest BCUT2D eigenvalue weighted by atomic mass is 9.96. The number of halogens is 1. The Bertz CT molecular complexity index is 330. The quantitative estimate of drug-likeness (QED) is 0.225. The number of nitrogens with two attached hydrogens (primary N) is 2. The number of carbonyl (C=O) groups is 1. The predicted octanol–water partition coefficient (Wildman–Crippen LogP) is 1.29. The van der Waals surface area contributed by atoms with Crippen molar-refractivity contribution in [3.05, 3.63) is 0 Å². The number of rotatable bonds is 9. The van der Waals surface area contributed by atoms with Crippen molar-refractivity contribution in [3.63, 3.8) is 0 Å². The molecule has 1 aliphatic heterocycles. The van der Waals surface area contributed by atoms with Crippen LogP contribution in [-0.4, -0.2) is 49.5 Å². The molecule has 1 rings (SSSR count). The average molecular weight is 425 g/mol. The first-order chi connectivity index (χ1) is 10.1. The monoisotopic (exact) mass is 425 g/mol. The second kappa shape index (κ2) is 12.9. The normalized spacial score (nSPS) is 17.0. The summed E-state index contributed by atoms with van der Waals surface area (Å²) >= 11 is 0. The summed E-state index contributed by atoms with van der Waals surface area (Å²) in [5, 5.41) is 3.11. The standard InChI is InChI=1S/C15H31N5O.HI/c1-2-3-8-18-15(17)19-9-4-5-10-20-11-6-13(7-12-20)14(16)21;/h13H,2-12H2,1H3,(H2,16,21)(H3,17,18,19);1H. The predicted molar refractivity (Wildman–Crippen MR) is 102 cm³/mol. The third-order valence-corrected chi connectivity index (χ3v) is 3.99. The Kier molecular flexibility index (Phi) is 12.6. The zero-order valence-corrected chi connectivity index (χ0v) is 16.1. The Morgan fingerprint density at radius 2 is 1.91 bits per heavy atom. The van der Waals surface area contributed by atoms with Crippen LogP contribution < -0.4 is 16.8 Å². The number of nitrogens with one attached hydrogen (secondary N) is 1. The van der Waals surface area contributed by atoms with E-state index in [0.717, 1.165) is 71.2 Å². The zero-order valence-electron chi connectivity index (χ0n) is 13.7. The maximum atomic E-state index is 11.1. The Morgan fingerprint density at radius 3 is 2.50 bits per heavy atom. The SMILES string of the molecule is CCCCNC(N)=NCCCCN1CCC(C(N)=O)CC1.I. The molecule has 5 N–H and O–H groups in total. The molecular formula is C15H32IN5O. The molecule has 1 amide bonds. The number of amides is 1.